The first-order chi connectivity index (χ1) is 25.0. The molecule has 0 aromatic carbocycles. The van der Waals surface area contributed by atoms with Crippen molar-refractivity contribution in [1.29, 1.82) is 0 Å². The van der Waals surface area contributed by atoms with Gasteiger partial charge in [0, 0.05) is 38.3 Å². The molecule has 0 spiro atoms. The Kier molecular flexibility index (Phi) is 16.5. The number of hydrogen-bond donors (Lipinski definition) is 6. The van der Waals surface area contributed by atoms with Crippen molar-refractivity contribution in [2.75, 3.05) is 20.2 Å². The number of carbonyl (C=O) groups is 2. The molecular formula is C43H73N3O6. The number of nitrogens with one attached hydrogen (secondary N) is 2. The Morgan fingerprint density at radius 1 is 0.885 bits per heavy atom. The lowest BCUT2D eigenvalue weighted by Crippen LogP contribution is -2.48. The fraction of sp³-hybridized carbons (Fsp3) is 0.907. The van der Waals surface area contributed by atoms with Gasteiger partial charge >= 0.3 is 0 Å². The predicted molar refractivity (Wildman–Crippen MR) is 205 cm³/mol. The highest BCUT2D eigenvalue weighted by molar-refractivity contribution is 5.84. The third kappa shape index (κ3) is 12.1. The summed E-state index contributed by atoms with van der Waals surface area (Å²) in [5.41, 5.74) is 6.25. The fourth-order valence-corrected chi connectivity index (χ4v) is 10.7. The smallest absolute Gasteiger partial charge is 0.150 e. The molecule has 0 radical (unpaired) electrons. The second kappa shape index (κ2) is 20.5. The molecular weight excluding hydrogens is 654 g/mol. The summed E-state index contributed by atoms with van der Waals surface area (Å²) < 4.78 is 5.68. The Bertz CT molecular complexity index is 1190. The number of ether oxygens (including phenoxy) is 1. The summed E-state index contributed by atoms with van der Waals surface area (Å²) in [5, 5.41) is 41.2. The van der Waals surface area contributed by atoms with E-state index >= 15 is 0 Å². The van der Waals surface area contributed by atoms with E-state index in [-0.39, 0.29) is 41.7 Å². The first kappa shape index (κ1) is 41.8. The quantitative estimate of drug-likeness (QED) is 0.0939. The Balaban J connectivity index is 1.21. The van der Waals surface area contributed by atoms with Gasteiger partial charge in [-0.2, -0.15) is 0 Å². The zero-order chi connectivity index (χ0) is 37.2. The minimum absolute atomic E-state index is 0.0277. The molecule has 14 atom stereocenters. The van der Waals surface area contributed by atoms with Gasteiger partial charge < -0.3 is 36.4 Å². The summed E-state index contributed by atoms with van der Waals surface area (Å²) in [7, 11) is 1.65. The molecule has 52 heavy (non-hydrogen) atoms. The van der Waals surface area contributed by atoms with Crippen LogP contribution in [0.2, 0.25) is 0 Å². The van der Waals surface area contributed by atoms with Crippen molar-refractivity contribution in [3.63, 3.8) is 0 Å². The third-order valence-corrected chi connectivity index (χ3v) is 13.9. The molecule has 14 unspecified atom stereocenters. The summed E-state index contributed by atoms with van der Waals surface area (Å²) in [6.07, 6.45) is 13.9. The van der Waals surface area contributed by atoms with E-state index in [1.165, 1.54) is 6.42 Å². The Labute approximate surface area is 314 Å². The third-order valence-electron chi connectivity index (χ3n) is 13.9. The predicted octanol–water partition coefficient (Wildman–Crippen LogP) is 5.12. The minimum atomic E-state index is -0.793. The number of rotatable bonds is 16. The lowest BCUT2D eigenvalue weighted by molar-refractivity contribution is -0.125. The molecule has 0 aromatic rings. The average molecular weight is 728 g/mol. The van der Waals surface area contributed by atoms with Gasteiger partial charge in [-0.25, -0.2) is 0 Å². The highest BCUT2D eigenvalue weighted by Gasteiger charge is 2.42. The maximum Gasteiger partial charge on any atom is 0.150 e. The van der Waals surface area contributed by atoms with Crippen LogP contribution < -0.4 is 16.4 Å². The molecule has 2 saturated carbocycles. The summed E-state index contributed by atoms with van der Waals surface area (Å²) in [6, 6.07) is 0.358. The normalized spacial score (nSPS) is 37.4. The van der Waals surface area contributed by atoms with Crippen LogP contribution in [0.3, 0.4) is 0 Å². The number of methoxy groups -OCH3 is 1. The molecule has 296 valence electrons. The zero-order valence-electron chi connectivity index (χ0n) is 32.7. The van der Waals surface area contributed by atoms with Gasteiger partial charge in [-0.15, -0.1) is 0 Å². The molecule has 2 saturated heterocycles. The molecule has 0 aromatic heterocycles. The topological polar surface area (TPSA) is 154 Å². The first-order valence-electron chi connectivity index (χ1n) is 21.3. The van der Waals surface area contributed by atoms with Crippen LogP contribution in [0.15, 0.2) is 0 Å². The molecule has 2 aliphatic heterocycles. The molecule has 2 heterocycles. The molecule has 5 aliphatic rings. The average Bonchev–Trinajstić information content (AvgIpc) is 3.18. The summed E-state index contributed by atoms with van der Waals surface area (Å²) >= 11 is 0. The van der Waals surface area contributed by atoms with Gasteiger partial charge in [0.2, 0.25) is 0 Å². The lowest BCUT2D eigenvalue weighted by atomic mass is 9.67. The number of aliphatic hydroxyl groups is 3. The molecule has 9 nitrogen and oxygen atoms in total. The van der Waals surface area contributed by atoms with E-state index in [0.29, 0.717) is 86.9 Å². The number of hydrogen-bond acceptors (Lipinski definition) is 9. The van der Waals surface area contributed by atoms with E-state index in [0.717, 1.165) is 77.3 Å². The monoisotopic (exact) mass is 728 g/mol. The molecule has 0 amide bonds. The fourth-order valence-electron chi connectivity index (χ4n) is 10.7. The summed E-state index contributed by atoms with van der Waals surface area (Å²) in [4.78, 5) is 25.5. The molecule has 7 N–H and O–H groups in total. The van der Waals surface area contributed by atoms with Crippen molar-refractivity contribution in [3.8, 4) is 11.8 Å². The van der Waals surface area contributed by atoms with Gasteiger partial charge in [-0.05, 0) is 138 Å². The van der Waals surface area contributed by atoms with Crippen molar-refractivity contribution in [3.05, 3.63) is 0 Å². The van der Waals surface area contributed by atoms with Crippen LogP contribution in [0.1, 0.15) is 136 Å². The largest absolute Gasteiger partial charge is 0.393 e. The van der Waals surface area contributed by atoms with Gasteiger partial charge in [-0.1, -0.05) is 45.0 Å². The van der Waals surface area contributed by atoms with Crippen LogP contribution in [0.25, 0.3) is 0 Å². The van der Waals surface area contributed by atoms with Gasteiger partial charge in [-0.3, -0.25) is 9.59 Å². The zero-order valence-corrected chi connectivity index (χ0v) is 32.7. The van der Waals surface area contributed by atoms with E-state index in [1.807, 2.05) is 0 Å². The Morgan fingerprint density at radius 2 is 1.69 bits per heavy atom. The van der Waals surface area contributed by atoms with E-state index in [1.54, 1.807) is 7.11 Å². The molecule has 9 heteroatoms. The summed E-state index contributed by atoms with van der Waals surface area (Å²) in [5.74, 6) is 9.33. The maximum atomic E-state index is 13.7. The van der Waals surface area contributed by atoms with Crippen LogP contribution in [-0.2, 0) is 14.3 Å². The number of Topliss-reactive ketones (excluding diaryl/α,β-unsaturated/α-hetero) is 2. The van der Waals surface area contributed by atoms with E-state index in [4.69, 9.17) is 10.5 Å². The van der Waals surface area contributed by atoms with Crippen LogP contribution in [0, 0.1) is 65.1 Å². The molecule has 3 aliphatic carbocycles. The number of aliphatic hydroxyl groups excluding tert-OH is 3. The number of carbonyl (C=O) groups excluding carboxylic acids is 2. The van der Waals surface area contributed by atoms with Crippen molar-refractivity contribution in [1.82, 2.24) is 10.6 Å². The van der Waals surface area contributed by atoms with Crippen molar-refractivity contribution in [2.45, 2.75) is 172 Å². The van der Waals surface area contributed by atoms with Gasteiger partial charge in [0.1, 0.15) is 17.5 Å². The van der Waals surface area contributed by atoms with Crippen molar-refractivity contribution < 1.29 is 29.6 Å². The molecule has 0 bridgehead atoms. The Morgan fingerprint density at radius 3 is 2.46 bits per heavy atom. The Hall–Kier alpha value is -1.38. The van der Waals surface area contributed by atoms with E-state index in [9.17, 15) is 24.9 Å². The first-order valence-corrected chi connectivity index (χ1v) is 21.3. The number of ketones is 2. The summed E-state index contributed by atoms with van der Waals surface area (Å²) in [6.45, 7) is 6.38. The number of nitrogens with two attached hydrogens (primary N) is 1. The maximum absolute atomic E-state index is 13.7. The second-order valence-corrected chi connectivity index (χ2v) is 18.2. The van der Waals surface area contributed by atoms with Crippen LogP contribution in [0.5, 0.6) is 0 Å². The standard InChI is InChI=1S/C43H73N3O6/c1-27(2)8-9-33(20-28-18-19-45-43(44)22-28)38(48)16-12-30-11-15-35(40(50)17-13-31-23-42(52-3)41(51)25-36(30)31)39(49)7-5-4-6-29-21-32-10-14-34(47)24-37(32)46-26-29/h27-33,35-39,41-43,45-46,48-49,51H,4-10,12-14,16-26,44H2,1-3H3. The van der Waals surface area contributed by atoms with Crippen LogP contribution in [0.4, 0.5) is 0 Å². The van der Waals surface area contributed by atoms with Crippen LogP contribution in [-0.4, -0.2) is 83.7 Å². The number of piperidine rings is 2. The van der Waals surface area contributed by atoms with E-state index < -0.39 is 24.2 Å². The van der Waals surface area contributed by atoms with Gasteiger partial charge in [0.25, 0.3) is 0 Å². The van der Waals surface area contributed by atoms with Crippen molar-refractivity contribution >= 4 is 11.6 Å². The highest BCUT2D eigenvalue weighted by Crippen LogP contribution is 2.42. The second-order valence-electron chi connectivity index (χ2n) is 18.2. The van der Waals surface area contributed by atoms with Gasteiger partial charge in [0.15, 0.2) is 0 Å². The molecule has 4 fully saturated rings. The number of fused-ring (bicyclic) bond motifs is 2. The highest BCUT2D eigenvalue weighted by atomic mass is 16.5. The van der Waals surface area contributed by atoms with Crippen molar-refractivity contribution in [2.24, 2.45) is 59.0 Å². The van der Waals surface area contributed by atoms with E-state index in [2.05, 4.69) is 36.3 Å². The number of unbranched alkanes of at least 4 members (excludes halogenated alkanes) is 1. The lowest BCUT2D eigenvalue weighted by Gasteiger charge is -2.41. The van der Waals surface area contributed by atoms with Gasteiger partial charge in [0.05, 0.1) is 30.6 Å². The molecule has 5 rings (SSSR count). The SMILES string of the molecule is COC1CC2CCC(=O)C(C(O)CCCCC3CNC4CC(=O)CCC4C3)C#CC(CCC(O)C(CCC(C)C)CC3CCNC(N)C3)C2CC1O. The minimum Gasteiger partial charge on any atom is -0.393 e. The van der Waals surface area contributed by atoms with Crippen LogP contribution >= 0.6 is 0 Å².